The number of nitrogens with zero attached hydrogens (tertiary/aromatic N) is 1. The Kier molecular flexibility index (Phi) is 4.77. The van der Waals surface area contributed by atoms with Gasteiger partial charge >= 0.3 is 0 Å². The average molecular weight is 207 g/mol. The molecule has 0 spiro atoms. The number of nitriles is 1. The van der Waals surface area contributed by atoms with Gasteiger partial charge in [-0.3, -0.25) is 0 Å². The van der Waals surface area contributed by atoms with Crippen molar-refractivity contribution in [3.8, 4) is 6.07 Å². The first-order chi connectivity index (χ1) is 6.86. The maximum Gasteiger partial charge on any atom is 0.0991 e. The molecule has 0 saturated heterocycles. The minimum atomic E-state index is 0.692. The molecule has 0 aliphatic heterocycles. The van der Waals surface area contributed by atoms with E-state index in [9.17, 15) is 0 Å². The van der Waals surface area contributed by atoms with Gasteiger partial charge in [-0.1, -0.05) is 29.8 Å². The highest BCUT2D eigenvalue weighted by molar-refractivity contribution is 6.25. The molecule has 0 unspecified atom stereocenters. The van der Waals surface area contributed by atoms with Crippen LogP contribution >= 0.6 is 11.6 Å². The molecule has 1 rings (SSSR count). The van der Waals surface area contributed by atoms with Crippen LogP contribution < -0.4 is 5.32 Å². The average Bonchev–Trinajstić information content (AvgIpc) is 2.25. The van der Waals surface area contributed by atoms with E-state index in [1.165, 1.54) is 5.54 Å². The van der Waals surface area contributed by atoms with Gasteiger partial charge in [0.15, 0.2) is 0 Å². The van der Waals surface area contributed by atoms with Crippen molar-refractivity contribution < 1.29 is 0 Å². The zero-order valence-corrected chi connectivity index (χ0v) is 8.46. The van der Waals surface area contributed by atoms with Crippen molar-refractivity contribution in [1.29, 1.82) is 5.26 Å². The lowest BCUT2D eigenvalue weighted by molar-refractivity contribution is 0.760. The lowest BCUT2D eigenvalue weighted by Crippen LogP contribution is -2.12. The van der Waals surface area contributed by atoms with Gasteiger partial charge in [0.25, 0.3) is 0 Å². The first kappa shape index (κ1) is 10.8. The van der Waals surface area contributed by atoms with Crippen molar-refractivity contribution in [1.82, 2.24) is 5.32 Å². The summed E-state index contributed by atoms with van der Waals surface area (Å²) in [6.45, 7) is 1.48. The fourth-order valence-electron chi connectivity index (χ4n) is 1.10. The van der Waals surface area contributed by atoms with Gasteiger partial charge in [0, 0.05) is 18.6 Å². The molecule has 0 saturated carbocycles. The van der Waals surface area contributed by atoms with Gasteiger partial charge in [-0.05, 0) is 17.7 Å². The minimum absolute atomic E-state index is 0.692. The van der Waals surface area contributed by atoms with E-state index < -0.39 is 0 Å². The molecule has 1 aromatic rings. The Balaban J connectivity index is 2.47. The second kappa shape index (κ2) is 6.20. The highest BCUT2D eigenvalue weighted by Crippen LogP contribution is 2.03. The monoisotopic (exact) mass is 206 g/mol. The predicted molar refractivity (Wildman–Crippen MR) is 57.9 cm³/mol. The van der Waals surface area contributed by atoms with Gasteiger partial charge in [-0.25, -0.2) is 0 Å². The van der Waals surface area contributed by atoms with Crippen LogP contribution in [0.15, 0.2) is 35.9 Å². The van der Waals surface area contributed by atoms with E-state index in [0.29, 0.717) is 5.56 Å². The summed E-state index contributed by atoms with van der Waals surface area (Å²) in [7, 11) is 0. The molecule has 0 aliphatic carbocycles. The topological polar surface area (TPSA) is 35.8 Å². The molecule has 0 fully saturated rings. The molecule has 0 aromatic heterocycles. The Labute approximate surface area is 88.8 Å². The van der Waals surface area contributed by atoms with Crippen LogP contribution in [0.4, 0.5) is 0 Å². The summed E-state index contributed by atoms with van der Waals surface area (Å²) in [5.74, 6) is 0. The highest BCUT2D eigenvalue weighted by atomic mass is 35.5. The molecular formula is C11H11ClN2. The van der Waals surface area contributed by atoms with Crippen molar-refractivity contribution in [3.63, 3.8) is 0 Å². The molecule has 0 bridgehead atoms. The van der Waals surface area contributed by atoms with Crippen molar-refractivity contribution in [2.24, 2.45) is 0 Å². The largest absolute Gasteiger partial charge is 0.309 e. The number of halogens is 1. The molecule has 1 aromatic carbocycles. The summed E-state index contributed by atoms with van der Waals surface area (Å²) in [5.41, 5.74) is 3.28. The zero-order chi connectivity index (χ0) is 10.2. The third kappa shape index (κ3) is 3.61. The number of benzene rings is 1. The van der Waals surface area contributed by atoms with Crippen LogP contribution in [-0.4, -0.2) is 6.54 Å². The molecule has 0 amide bonds. The van der Waals surface area contributed by atoms with E-state index in [4.69, 9.17) is 16.9 Å². The third-order valence-corrected chi connectivity index (χ3v) is 1.91. The van der Waals surface area contributed by atoms with Crippen LogP contribution in [-0.2, 0) is 6.54 Å². The van der Waals surface area contributed by atoms with Crippen LogP contribution in [0.5, 0.6) is 0 Å². The fourth-order valence-corrected chi connectivity index (χ4v) is 1.18. The van der Waals surface area contributed by atoms with Crippen LogP contribution in [0.1, 0.15) is 11.1 Å². The quantitative estimate of drug-likeness (QED) is 0.768. The lowest BCUT2D eigenvalue weighted by atomic mass is 10.1. The van der Waals surface area contributed by atoms with Crippen molar-refractivity contribution in [2.45, 2.75) is 6.54 Å². The predicted octanol–water partition coefficient (Wildman–Crippen LogP) is 2.40. The Bertz CT molecular complexity index is 353. The number of hydrogen-bond donors (Lipinski definition) is 1. The standard InChI is InChI=1S/C11H11ClN2/c12-5-2-6-14-9-11-4-1-3-10(7-11)8-13/h1-5,7,14H,6,9H2/b5-2+. The summed E-state index contributed by atoms with van der Waals surface area (Å²) in [4.78, 5) is 0. The van der Waals surface area contributed by atoms with Gasteiger partial charge in [0.2, 0.25) is 0 Å². The zero-order valence-electron chi connectivity index (χ0n) is 7.70. The second-order valence-corrected chi connectivity index (χ2v) is 3.06. The van der Waals surface area contributed by atoms with Crippen LogP contribution in [0.2, 0.25) is 0 Å². The summed E-state index contributed by atoms with van der Waals surface area (Å²) >= 11 is 5.37. The van der Waals surface area contributed by atoms with E-state index >= 15 is 0 Å². The Morgan fingerprint density at radius 1 is 1.50 bits per heavy atom. The Hall–Kier alpha value is -1.30. The molecule has 3 heteroatoms. The van der Waals surface area contributed by atoms with Crippen LogP contribution in [0, 0.1) is 11.3 Å². The minimum Gasteiger partial charge on any atom is -0.309 e. The van der Waals surface area contributed by atoms with Crippen molar-refractivity contribution in [3.05, 3.63) is 47.0 Å². The molecule has 0 radical (unpaired) electrons. The van der Waals surface area contributed by atoms with Crippen LogP contribution in [0.25, 0.3) is 0 Å². The number of hydrogen-bond acceptors (Lipinski definition) is 2. The van der Waals surface area contributed by atoms with E-state index in [2.05, 4.69) is 11.4 Å². The summed E-state index contributed by atoms with van der Waals surface area (Å²) in [6.07, 6.45) is 1.83. The fraction of sp³-hybridized carbons (Fsp3) is 0.182. The van der Waals surface area contributed by atoms with Gasteiger partial charge in [0.1, 0.15) is 0 Å². The summed E-state index contributed by atoms with van der Waals surface area (Å²) < 4.78 is 0. The van der Waals surface area contributed by atoms with Crippen LogP contribution in [0.3, 0.4) is 0 Å². The Morgan fingerprint density at radius 2 is 2.36 bits per heavy atom. The smallest absolute Gasteiger partial charge is 0.0991 e. The molecule has 0 aliphatic rings. The summed E-state index contributed by atoms with van der Waals surface area (Å²) in [6, 6.07) is 9.64. The van der Waals surface area contributed by atoms with E-state index in [-0.39, 0.29) is 0 Å². The van der Waals surface area contributed by atoms with E-state index in [1.54, 1.807) is 6.07 Å². The van der Waals surface area contributed by atoms with Crippen molar-refractivity contribution >= 4 is 11.6 Å². The van der Waals surface area contributed by atoms with E-state index in [1.807, 2.05) is 24.3 Å². The molecular weight excluding hydrogens is 196 g/mol. The lowest BCUT2D eigenvalue weighted by Gasteiger charge is -2.01. The maximum absolute atomic E-state index is 8.67. The molecule has 0 heterocycles. The van der Waals surface area contributed by atoms with E-state index in [0.717, 1.165) is 18.7 Å². The molecule has 1 N–H and O–H groups in total. The highest BCUT2D eigenvalue weighted by Gasteiger charge is 1.93. The Morgan fingerprint density at radius 3 is 3.07 bits per heavy atom. The first-order valence-corrected chi connectivity index (χ1v) is 4.75. The molecule has 72 valence electrons. The molecule has 0 atom stereocenters. The molecule has 14 heavy (non-hydrogen) atoms. The van der Waals surface area contributed by atoms with Gasteiger partial charge in [0.05, 0.1) is 11.6 Å². The third-order valence-electron chi connectivity index (χ3n) is 1.74. The summed E-state index contributed by atoms with van der Waals surface area (Å²) in [5, 5.41) is 11.8. The maximum atomic E-state index is 8.67. The SMILES string of the molecule is N#Cc1cccc(CNC/C=C/Cl)c1. The number of rotatable bonds is 4. The van der Waals surface area contributed by atoms with Gasteiger partial charge in [-0.15, -0.1) is 0 Å². The number of nitrogens with one attached hydrogen (secondary N) is 1. The second-order valence-electron chi connectivity index (χ2n) is 2.80. The molecule has 2 nitrogen and oxygen atoms in total. The normalized spacial score (nSPS) is 10.3. The van der Waals surface area contributed by atoms with Crippen molar-refractivity contribution in [2.75, 3.05) is 6.54 Å². The van der Waals surface area contributed by atoms with Gasteiger partial charge in [-0.2, -0.15) is 5.26 Å². The first-order valence-electron chi connectivity index (χ1n) is 4.32. The van der Waals surface area contributed by atoms with Gasteiger partial charge < -0.3 is 5.32 Å².